The lowest BCUT2D eigenvalue weighted by molar-refractivity contribution is 0.0240. The molecular weight excluding hydrogens is 220 g/mol. The summed E-state index contributed by atoms with van der Waals surface area (Å²) in [4.78, 5) is 3.50. The topological polar surface area (TPSA) is 49.5 Å². The molecule has 1 atom stereocenters. The van der Waals surface area contributed by atoms with Crippen LogP contribution >= 0.6 is 11.3 Å². The minimum absolute atomic E-state index is 0.219. The van der Waals surface area contributed by atoms with E-state index in [0.717, 1.165) is 6.54 Å². The van der Waals surface area contributed by atoms with Crippen LogP contribution in [0.25, 0.3) is 0 Å². The fourth-order valence-electron chi connectivity index (χ4n) is 1.87. The van der Waals surface area contributed by atoms with Crippen molar-refractivity contribution in [1.29, 1.82) is 0 Å². The third kappa shape index (κ3) is 3.87. The second-order valence-corrected chi connectivity index (χ2v) is 5.62. The van der Waals surface area contributed by atoms with Crippen LogP contribution in [0, 0.1) is 0 Å². The van der Waals surface area contributed by atoms with Crippen molar-refractivity contribution in [2.75, 3.05) is 19.6 Å². The molecule has 0 aromatic carbocycles. The maximum absolute atomic E-state index is 9.88. The molecule has 1 rings (SSSR count). The molecule has 0 saturated heterocycles. The lowest BCUT2D eigenvalue weighted by Crippen LogP contribution is -2.42. The SMILES string of the molecule is CCN(CC(C)(C)O)C(CN)c1cccs1. The number of hydrogen-bond donors (Lipinski definition) is 2. The second-order valence-electron chi connectivity index (χ2n) is 4.64. The highest BCUT2D eigenvalue weighted by atomic mass is 32.1. The van der Waals surface area contributed by atoms with Gasteiger partial charge in [0.05, 0.1) is 11.6 Å². The molecule has 16 heavy (non-hydrogen) atoms. The van der Waals surface area contributed by atoms with Gasteiger partial charge in [-0.2, -0.15) is 0 Å². The first-order valence-electron chi connectivity index (χ1n) is 5.68. The largest absolute Gasteiger partial charge is 0.389 e. The van der Waals surface area contributed by atoms with Gasteiger partial charge in [-0.05, 0) is 31.8 Å². The molecule has 0 bridgehead atoms. The third-order valence-electron chi connectivity index (χ3n) is 2.53. The minimum Gasteiger partial charge on any atom is -0.389 e. The van der Waals surface area contributed by atoms with Crippen LogP contribution in [0.5, 0.6) is 0 Å². The number of rotatable bonds is 6. The summed E-state index contributed by atoms with van der Waals surface area (Å²) in [5.41, 5.74) is 5.16. The molecule has 0 saturated carbocycles. The van der Waals surface area contributed by atoms with Gasteiger partial charge in [-0.3, -0.25) is 4.90 Å². The van der Waals surface area contributed by atoms with Crippen LogP contribution in [0.15, 0.2) is 17.5 Å². The van der Waals surface area contributed by atoms with Crippen LogP contribution in [0.4, 0.5) is 0 Å². The monoisotopic (exact) mass is 242 g/mol. The number of nitrogens with zero attached hydrogens (tertiary/aromatic N) is 1. The van der Waals surface area contributed by atoms with E-state index in [2.05, 4.69) is 23.3 Å². The molecule has 1 aromatic heterocycles. The summed E-state index contributed by atoms with van der Waals surface area (Å²) in [5.74, 6) is 0. The first-order valence-corrected chi connectivity index (χ1v) is 6.55. The van der Waals surface area contributed by atoms with Crippen LogP contribution in [-0.2, 0) is 0 Å². The van der Waals surface area contributed by atoms with Crippen LogP contribution < -0.4 is 5.73 Å². The Morgan fingerprint density at radius 1 is 1.56 bits per heavy atom. The van der Waals surface area contributed by atoms with Crippen LogP contribution in [0.2, 0.25) is 0 Å². The normalized spacial score (nSPS) is 14.4. The van der Waals surface area contributed by atoms with E-state index in [-0.39, 0.29) is 6.04 Å². The lowest BCUT2D eigenvalue weighted by Gasteiger charge is -2.33. The Bertz CT molecular complexity index is 292. The van der Waals surface area contributed by atoms with Gasteiger partial charge in [0, 0.05) is 18.0 Å². The van der Waals surface area contributed by atoms with Crippen molar-refractivity contribution < 1.29 is 5.11 Å². The highest BCUT2D eigenvalue weighted by molar-refractivity contribution is 7.10. The zero-order valence-electron chi connectivity index (χ0n) is 10.3. The number of thiophene rings is 1. The highest BCUT2D eigenvalue weighted by Gasteiger charge is 2.24. The molecule has 0 amide bonds. The molecule has 0 aliphatic carbocycles. The Balaban J connectivity index is 2.77. The zero-order chi connectivity index (χ0) is 12.2. The molecule has 0 radical (unpaired) electrons. The maximum Gasteiger partial charge on any atom is 0.0718 e. The van der Waals surface area contributed by atoms with Crippen molar-refractivity contribution in [3.8, 4) is 0 Å². The Hall–Kier alpha value is -0.420. The molecule has 0 fully saturated rings. The predicted molar refractivity (Wildman–Crippen MR) is 69.7 cm³/mol. The highest BCUT2D eigenvalue weighted by Crippen LogP contribution is 2.25. The molecule has 0 aliphatic heterocycles. The number of aliphatic hydroxyl groups is 1. The smallest absolute Gasteiger partial charge is 0.0718 e. The van der Waals surface area contributed by atoms with E-state index in [1.165, 1.54) is 4.88 Å². The van der Waals surface area contributed by atoms with Gasteiger partial charge in [-0.15, -0.1) is 11.3 Å². The summed E-state index contributed by atoms with van der Waals surface area (Å²) in [6, 6.07) is 4.37. The van der Waals surface area contributed by atoms with E-state index in [9.17, 15) is 5.11 Å². The van der Waals surface area contributed by atoms with Gasteiger partial charge in [0.15, 0.2) is 0 Å². The Kier molecular flexibility index (Phi) is 4.92. The molecule has 1 unspecified atom stereocenters. The molecule has 1 heterocycles. The fraction of sp³-hybridized carbons (Fsp3) is 0.667. The maximum atomic E-state index is 9.88. The standard InChI is InChI=1S/C12H22N2OS/c1-4-14(9-12(2,3)15)10(8-13)11-6-5-7-16-11/h5-7,10,15H,4,8-9,13H2,1-3H3. The van der Waals surface area contributed by atoms with E-state index in [1.807, 2.05) is 19.9 Å². The Morgan fingerprint density at radius 3 is 2.62 bits per heavy atom. The van der Waals surface area contributed by atoms with Gasteiger partial charge in [0.1, 0.15) is 0 Å². The summed E-state index contributed by atoms with van der Waals surface area (Å²) in [5, 5.41) is 11.9. The van der Waals surface area contributed by atoms with E-state index in [4.69, 9.17) is 5.73 Å². The molecule has 0 spiro atoms. The minimum atomic E-state index is -0.680. The van der Waals surface area contributed by atoms with Gasteiger partial charge < -0.3 is 10.8 Å². The van der Waals surface area contributed by atoms with Crippen molar-refractivity contribution in [2.45, 2.75) is 32.4 Å². The zero-order valence-corrected chi connectivity index (χ0v) is 11.1. The average Bonchev–Trinajstić information content (AvgIpc) is 2.68. The van der Waals surface area contributed by atoms with Crippen LogP contribution in [0.1, 0.15) is 31.7 Å². The van der Waals surface area contributed by atoms with Crippen molar-refractivity contribution in [3.63, 3.8) is 0 Å². The molecule has 4 heteroatoms. The number of likely N-dealkylation sites (N-methyl/N-ethyl adjacent to an activating group) is 1. The van der Waals surface area contributed by atoms with Gasteiger partial charge in [-0.1, -0.05) is 13.0 Å². The predicted octanol–water partition coefficient (Wildman–Crippen LogP) is 1.84. The van der Waals surface area contributed by atoms with Crippen molar-refractivity contribution in [2.24, 2.45) is 5.73 Å². The molecular formula is C12H22N2OS. The molecule has 92 valence electrons. The third-order valence-corrected chi connectivity index (χ3v) is 3.51. The van der Waals surface area contributed by atoms with Gasteiger partial charge in [0.25, 0.3) is 0 Å². The van der Waals surface area contributed by atoms with E-state index in [0.29, 0.717) is 13.1 Å². The van der Waals surface area contributed by atoms with E-state index in [1.54, 1.807) is 11.3 Å². The first-order chi connectivity index (χ1) is 7.48. The van der Waals surface area contributed by atoms with E-state index >= 15 is 0 Å². The average molecular weight is 242 g/mol. The summed E-state index contributed by atoms with van der Waals surface area (Å²) < 4.78 is 0. The molecule has 1 aromatic rings. The first kappa shape index (κ1) is 13.6. The van der Waals surface area contributed by atoms with Gasteiger partial charge in [0.2, 0.25) is 0 Å². The summed E-state index contributed by atoms with van der Waals surface area (Å²) >= 11 is 1.72. The second kappa shape index (κ2) is 5.77. The summed E-state index contributed by atoms with van der Waals surface area (Å²) in [6.45, 7) is 7.88. The van der Waals surface area contributed by atoms with Crippen molar-refractivity contribution in [3.05, 3.63) is 22.4 Å². The quantitative estimate of drug-likeness (QED) is 0.800. The summed E-state index contributed by atoms with van der Waals surface area (Å²) in [6.07, 6.45) is 0. The number of hydrogen-bond acceptors (Lipinski definition) is 4. The van der Waals surface area contributed by atoms with Gasteiger partial charge >= 0.3 is 0 Å². The molecule has 3 N–H and O–H groups in total. The van der Waals surface area contributed by atoms with Crippen LogP contribution in [0.3, 0.4) is 0 Å². The van der Waals surface area contributed by atoms with Crippen LogP contribution in [-0.4, -0.2) is 35.2 Å². The van der Waals surface area contributed by atoms with Crippen molar-refractivity contribution >= 4 is 11.3 Å². The number of nitrogens with two attached hydrogens (primary N) is 1. The van der Waals surface area contributed by atoms with Crippen molar-refractivity contribution in [1.82, 2.24) is 4.90 Å². The summed E-state index contributed by atoms with van der Waals surface area (Å²) in [7, 11) is 0. The Labute approximate surface area is 102 Å². The molecule has 0 aliphatic rings. The van der Waals surface area contributed by atoms with E-state index < -0.39 is 5.60 Å². The Morgan fingerprint density at radius 2 is 2.25 bits per heavy atom. The van der Waals surface area contributed by atoms with Gasteiger partial charge in [-0.25, -0.2) is 0 Å². The lowest BCUT2D eigenvalue weighted by atomic mass is 10.1. The fourth-order valence-corrected chi connectivity index (χ4v) is 2.74. The molecule has 3 nitrogen and oxygen atoms in total.